The molecule has 0 bridgehead atoms. The second kappa shape index (κ2) is 8.26. The number of rotatable bonds is 3. The quantitative estimate of drug-likeness (QED) is 0.830. The van der Waals surface area contributed by atoms with Crippen LogP contribution in [-0.2, 0) is 9.53 Å². The molecule has 0 aromatic carbocycles. The minimum Gasteiger partial charge on any atom is -0.444 e. The Hall–Kier alpha value is -1.81. The molecule has 2 rings (SSSR count). The van der Waals surface area contributed by atoms with Crippen LogP contribution in [0.2, 0.25) is 0 Å². The number of carbonyl (C=O) groups is 2. The number of amides is 2. The molecule has 7 nitrogen and oxygen atoms in total. The van der Waals surface area contributed by atoms with Gasteiger partial charge in [0, 0.05) is 32.1 Å². The van der Waals surface area contributed by atoms with Crippen LogP contribution in [0.5, 0.6) is 0 Å². The van der Waals surface area contributed by atoms with Crippen LogP contribution >= 0.6 is 0 Å². The molecule has 2 heterocycles. The lowest BCUT2D eigenvalue weighted by atomic mass is 9.88. The predicted molar refractivity (Wildman–Crippen MR) is 98.4 cm³/mol. The highest BCUT2D eigenvalue weighted by Gasteiger charge is 2.40. The van der Waals surface area contributed by atoms with Gasteiger partial charge in [0.25, 0.3) is 0 Å². The third-order valence-electron chi connectivity index (χ3n) is 5.07. The number of nitriles is 1. The molecule has 2 saturated heterocycles. The number of likely N-dealkylation sites (tertiary alicyclic amines) is 2. The second-order valence-corrected chi connectivity index (χ2v) is 8.37. The molecule has 1 N–H and O–H groups in total. The third kappa shape index (κ3) is 5.34. The van der Waals surface area contributed by atoms with Gasteiger partial charge in [-0.25, -0.2) is 4.79 Å². The van der Waals surface area contributed by atoms with E-state index in [9.17, 15) is 14.9 Å². The van der Waals surface area contributed by atoms with Crippen molar-refractivity contribution < 1.29 is 14.3 Å². The lowest BCUT2D eigenvalue weighted by molar-refractivity contribution is -0.122. The third-order valence-corrected chi connectivity index (χ3v) is 5.07. The molecule has 2 aliphatic heterocycles. The number of nitrogens with one attached hydrogen (secondary N) is 1. The van der Waals surface area contributed by atoms with Crippen molar-refractivity contribution in [2.75, 3.05) is 26.2 Å². The lowest BCUT2D eigenvalue weighted by Gasteiger charge is -2.45. The minimum absolute atomic E-state index is 0.0758. The van der Waals surface area contributed by atoms with Crippen LogP contribution in [0.3, 0.4) is 0 Å². The summed E-state index contributed by atoms with van der Waals surface area (Å²) >= 11 is 0. The van der Waals surface area contributed by atoms with Crippen LogP contribution in [0, 0.1) is 11.3 Å². The molecular weight excluding hydrogens is 332 g/mol. The summed E-state index contributed by atoms with van der Waals surface area (Å²) in [5, 5.41) is 12.6. The van der Waals surface area contributed by atoms with Crippen LogP contribution in [0.1, 0.15) is 59.8 Å². The number of carbonyl (C=O) groups excluding carboxylic acids is 2. The van der Waals surface area contributed by atoms with E-state index < -0.39 is 11.1 Å². The Morgan fingerprint density at radius 1 is 1.27 bits per heavy atom. The molecule has 0 aliphatic carbocycles. The zero-order valence-electron chi connectivity index (χ0n) is 16.5. The average molecular weight is 364 g/mol. The summed E-state index contributed by atoms with van der Waals surface area (Å²) in [5.74, 6) is -0.0758. The first-order valence-corrected chi connectivity index (χ1v) is 9.62. The monoisotopic (exact) mass is 364 g/mol. The zero-order chi connectivity index (χ0) is 19.4. The fraction of sp³-hybridized carbons (Fsp3) is 0.842. The summed E-state index contributed by atoms with van der Waals surface area (Å²) in [6.07, 6.45) is 3.45. The number of ether oxygens (including phenoxy) is 1. The summed E-state index contributed by atoms with van der Waals surface area (Å²) < 4.78 is 5.45. The van der Waals surface area contributed by atoms with Crippen molar-refractivity contribution in [3.05, 3.63) is 0 Å². The van der Waals surface area contributed by atoms with E-state index in [0.29, 0.717) is 38.5 Å². The molecule has 0 aromatic heterocycles. The lowest BCUT2D eigenvalue weighted by Crippen LogP contribution is -2.60. The van der Waals surface area contributed by atoms with E-state index in [-0.39, 0.29) is 12.0 Å². The van der Waals surface area contributed by atoms with E-state index in [2.05, 4.69) is 16.3 Å². The van der Waals surface area contributed by atoms with Crippen molar-refractivity contribution in [2.45, 2.75) is 77.0 Å². The molecule has 0 saturated carbocycles. The van der Waals surface area contributed by atoms with Gasteiger partial charge in [0.2, 0.25) is 5.91 Å². The Morgan fingerprint density at radius 2 is 1.92 bits per heavy atom. The number of piperidine rings is 2. The van der Waals surface area contributed by atoms with Gasteiger partial charge in [-0.15, -0.1) is 0 Å². The van der Waals surface area contributed by atoms with Gasteiger partial charge < -0.3 is 15.0 Å². The highest BCUT2D eigenvalue weighted by molar-refractivity contribution is 5.77. The van der Waals surface area contributed by atoms with Crippen LogP contribution in [0.15, 0.2) is 0 Å². The van der Waals surface area contributed by atoms with Crippen molar-refractivity contribution in [3.63, 3.8) is 0 Å². The molecular formula is C19H32N4O3. The Morgan fingerprint density at radius 3 is 2.46 bits per heavy atom. The van der Waals surface area contributed by atoms with Crippen molar-refractivity contribution in [3.8, 4) is 6.07 Å². The standard InChI is InChI=1S/C19H32N4O3/c1-5-16(24)21-19(13-20)9-6-10-23(14-19)15-7-11-22(12-8-15)17(25)26-18(2,3)4/h15H,5-12,14H2,1-4H3,(H,21,24). The molecule has 7 heteroatoms. The average Bonchev–Trinajstić information content (AvgIpc) is 2.60. The minimum atomic E-state index is -0.784. The zero-order valence-corrected chi connectivity index (χ0v) is 16.5. The Balaban J connectivity index is 1.91. The Bertz CT molecular complexity index is 558. The van der Waals surface area contributed by atoms with Crippen molar-refractivity contribution in [1.82, 2.24) is 15.1 Å². The van der Waals surface area contributed by atoms with E-state index in [1.807, 2.05) is 20.8 Å². The maximum Gasteiger partial charge on any atom is 0.410 e. The van der Waals surface area contributed by atoms with Crippen molar-refractivity contribution in [2.24, 2.45) is 0 Å². The van der Waals surface area contributed by atoms with Crippen LogP contribution in [0.25, 0.3) is 0 Å². The highest BCUT2D eigenvalue weighted by Crippen LogP contribution is 2.27. The number of nitrogens with zero attached hydrogens (tertiary/aromatic N) is 3. The van der Waals surface area contributed by atoms with Gasteiger partial charge in [-0.3, -0.25) is 9.69 Å². The summed E-state index contributed by atoms with van der Waals surface area (Å²) in [6.45, 7) is 10.2. The Kier molecular flexibility index (Phi) is 6.51. The molecule has 0 radical (unpaired) electrons. The van der Waals surface area contributed by atoms with Crippen LogP contribution < -0.4 is 5.32 Å². The highest BCUT2D eigenvalue weighted by atomic mass is 16.6. The maximum absolute atomic E-state index is 12.2. The van der Waals surface area contributed by atoms with E-state index in [1.54, 1.807) is 11.8 Å². The first-order valence-electron chi connectivity index (χ1n) is 9.62. The van der Waals surface area contributed by atoms with Crippen molar-refractivity contribution in [1.29, 1.82) is 5.26 Å². The molecule has 0 spiro atoms. The van der Waals surface area contributed by atoms with Gasteiger partial charge in [0.15, 0.2) is 0 Å². The van der Waals surface area contributed by atoms with E-state index in [4.69, 9.17) is 4.74 Å². The molecule has 26 heavy (non-hydrogen) atoms. The fourth-order valence-corrected chi connectivity index (χ4v) is 3.72. The first kappa shape index (κ1) is 20.5. The topological polar surface area (TPSA) is 85.7 Å². The largest absolute Gasteiger partial charge is 0.444 e. The molecule has 1 unspecified atom stereocenters. The SMILES string of the molecule is CCC(=O)NC1(C#N)CCCN(C2CCN(C(=O)OC(C)(C)C)CC2)C1. The van der Waals surface area contributed by atoms with Crippen molar-refractivity contribution >= 4 is 12.0 Å². The van der Waals surface area contributed by atoms with Gasteiger partial charge in [-0.05, 0) is 53.0 Å². The molecule has 2 fully saturated rings. The summed E-state index contributed by atoms with van der Waals surface area (Å²) in [7, 11) is 0. The number of hydrogen-bond donors (Lipinski definition) is 1. The van der Waals surface area contributed by atoms with Gasteiger partial charge in [-0.1, -0.05) is 6.92 Å². The van der Waals surface area contributed by atoms with E-state index >= 15 is 0 Å². The van der Waals surface area contributed by atoms with Gasteiger partial charge in [0.05, 0.1) is 6.07 Å². The van der Waals surface area contributed by atoms with Gasteiger partial charge >= 0.3 is 6.09 Å². The summed E-state index contributed by atoms with van der Waals surface area (Å²) in [4.78, 5) is 28.1. The summed E-state index contributed by atoms with van der Waals surface area (Å²) in [6, 6.07) is 2.68. The van der Waals surface area contributed by atoms with Gasteiger partial charge in [-0.2, -0.15) is 5.26 Å². The van der Waals surface area contributed by atoms with Gasteiger partial charge in [0.1, 0.15) is 11.1 Å². The second-order valence-electron chi connectivity index (χ2n) is 8.37. The molecule has 0 aromatic rings. The fourth-order valence-electron chi connectivity index (χ4n) is 3.72. The smallest absolute Gasteiger partial charge is 0.410 e. The molecule has 1 atom stereocenters. The normalized spacial score (nSPS) is 25.4. The van der Waals surface area contributed by atoms with E-state index in [0.717, 1.165) is 25.8 Å². The molecule has 2 aliphatic rings. The molecule has 2 amide bonds. The summed E-state index contributed by atoms with van der Waals surface area (Å²) in [5.41, 5.74) is -1.27. The first-order chi connectivity index (χ1) is 12.2. The maximum atomic E-state index is 12.2. The predicted octanol–water partition coefficient (Wildman–Crippen LogP) is 2.27. The van der Waals surface area contributed by atoms with Crippen LogP contribution in [0.4, 0.5) is 4.79 Å². The molecule has 146 valence electrons. The number of hydrogen-bond acceptors (Lipinski definition) is 5. The van der Waals surface area contributed by atoms with Crippen LogP contribution in [-0.4, -0.2) is 65.2 Å². The van der Waals surface area contributed by atoms with E-state index in [1.165, 1.54) is 0 Å². The Labute approximate surface area is 156 Å².